The molecule has 0 aliphatic heterocycles. The number of nitrogens with zero attached hydrogens (tertiary/aromatic N) is 1. The van der Waals surface area contributed by atoms with Crippen molar-refractivity contribution < 1.29 is 4.39 Å². The summed E-state index contributed by atoms with van der Waals surface area (Å²) in [6, 6.07) is 17.4. The number of benzene rings is 2. The quantitative estimate of drug-likeness (QED) is 0.827. The van der Waals surface area contributed by atoms with Gasteiger partial charge < -0.3 is 10.2 Å². The summed E-state index contributed by atoms with van der Waals surface area (Å²) in [6.45, 7) is 3.97. The number of nitrogens with one attached hydrogen (secondary N) is 1. The van der Waals surface area contributed by atoms with E-state index in [2.05, 4.69) is 29.3 Å². The van der Waals surface area contributed by atoms with Gasteiger partial charge in [-0.25, -0.2) is 4.39 Å². The van der Waals surface area contributed by atoms with Crippen LogP contribution in [-0.4, -0.2) is 20.1 Å². The van der Waals surface area contributed by atoms with Crippen molar-refractivity contribution in [3.05, 3.63) is 66.0 Å². The molecule has 2 aromatic carbocycles. The number of anilines is 1. The molecule has 0 heterocycles. The first kappa shape index (κ1) is 15.5. The molecule has 0 saturated heterocycles. The van der Waals surface area contributed by atoms with Gasteiger partial charge in [0, 0.05) is 30.4 Å². The maximum atomic E-state index is 13.9. The average molecular weight is 286 g/mol. The Morgan fingerprint density at radius 3 is 2.33 bits per heavy atom. The summed E-state index contributed by atoms with van der Waals surface area (Å²) >= 11 is 0. The van der Waals surface area contributed by atoms with Crippen molar-refractivity contribution in [1.29, 1.82) is 0 Å². The van der Waals surface area contributed by atoms with Gasteiger partial charge in [-0.05, 0) is 38.6 Å². The van der Waals surface area contributed by atoms with Gasteiger partial charge in [0.2, 0.25) is 0 Å². The van der Waals surface area contributed by atoms with Crippen LogP contribution in [0.15, 0.2) is 54.6 Å². The lowest BCUT2D eigenvalue weighted by atomic mass is 10.0. The van der Waals surface area contributed by atoms with Gasteiger partial charge in [0.05, 0.1) is 0 Å². The van der Waals surface area contributed by atoms with Crippen LogP contribution in [-0.2, 0) is 0 Å². The summed E-state index contributed by atoms with van der Waals surface area (Å²) in [7, 11) is 1.88. The monoisotopic (exact) mass is 286 g/mol. The Labute approximate surface area is 126 Å². The number of para-hydroxylation sites is 1. The molecule has 0 fully saturated rings. The second-order valence-corrected chi connectivity index (χ2v) is 5.07. The van der Waals surface area contributed by atoms with Crippen molar-refractivity contribution in [2.24, 2.45) is 0 Å². The van der Waals surface area contributed by atoms with Gasteiger partial charge in [0.1, 0.15) is 5.82 Å². The molecule has 1 unspecified atom stereocenters. The second-order valence-electron chi connectivity index (χ2n) is 5.07. The summed E-state index contributed by atoms with van der Waals surface area (Å²) < 4.78 is 13.9. The predicted molar refractivity (Wildman–Crippen MR) is 87.1 cm³/mol. The van der Waals surface area contributed by atoms with Crippen molar-refractivity contribution in [1.82, 2.24) is 5.32 Å². The van der Waals surface area contributed by atoms with E-state index >= 15 is 0 Å². The van der Waals surface area contributed by atoms with Crippen LogP contribution in [0.3, 0.4) is 0 Å². The second kappa shape index (κ2) is 7.79. The maximum absolute atomic E-state index is 13.9. The molecule has 0 radical (unpaired) electrons. The van der Waals surface area contributed by atoms with Gasteiger partial charge in [-0.3, -0.25) is 0 Å². The minimum atomic E-state index is -0.139. The molecule has 0 saturated carbocycles. The fraction of sp³-hybridized carbons (Fsp3) is 0.333. The van der Waals surface area contributed by atoms with Gasteiger partial charge in [-0.2, -0.15) is 0 Å². The van der Waals surface area contributed by atoms with E-state index in [-0.39, 0.29) is 11.9 Å². The first-order chi connectivity index (χ1) is 10.3. The Balaban J connectivity index is 2.04. The predicted octanol–water partition coefficient (Wildman–Crippen LogP) is 4.00. The first-order valence-corrected chi connectivity index (χ1v) is 7.48. The van der Waals surface area contributed by atoms with E-state index in [0.29, 0.717) is 0 Å². The van der Waals surface area contributed by atoms with Crippen molar-refractivity contribution in [3.63, 3.8) is 0 Å². The highest BCUT2D eigenvalue weighted by molar-refractivity contribution is 5.45. The SMILES string of the molecule is CCN(CCC(NC)c1ccccc1F)c1ccccc1. The molecule has 0 aliphatic rings. The number of halogens is 1. The zero-order valence-corrected chi connectivity index (χ0v) is 12.7. The smallest absolute Gasteiger partial charge is 0.127 e. The molecule has 0 aliphatic carbocycles. The third-order valence-electron chi connectivity index (χ3n) is 3.82. The molecule has 112 valence electrons. The highest BCUT2D eigenvalue weighted by atomic mass is 19.1. The lowest BCUT2D eigenvalue weighted by molar-refractivity contribution is 0.506. The zero-order valence-electron chi connectivity index (χ0n) is 12.7. The van der Waals surface area contributed by atoms with Crippen LogP contribution < -0.4 is 10.2 Å². The van der Waals surface area contributed by atoms with E-state index in [1.807, 2.05) is 37.4 Å². The Morgan fingerprint density at radius 2 is 1.71 bits per heavy atom. The number of hydrogen-bond donors (Lipinski definition) is 1. The third kappa shape index (κ3) is 4.05. The van der Waals surface area contributed by atoms with Crippen LogP contribution in [0, 0.1) is 5.82 Å². The van der Waals surface area contributed by atoms with Crippen molar-refractivity contribution in [2.45, 2.75) is 19.4 Å². The summed E-state index contributed by atoms with van der Waals surface area (Å²) in [5.41, 5.74) is 1.95. The van der Waals surface area contributed by atoms with Crippen LogP contribution in [0.25, 0.3) is 0 Å². The summed E-state index contributed by atoms with van der Waals surface area (Å²) in [5, 5.41) is 3.22. The maximum Gasteiger partial charge on any atom is 0.127 e. The highest BCUT2D eigenvalue weighted by Crippen LogP contribution is 2.21. The van der Waals surface area contributed by atoms with Crippen LogP contribution >= 0.6 is 0 Å². The molecular weight excluding hydrogens is 263 g/mol. The highest BCUT2D eigenvalue weighted by Gasteiger charge is 2.14. The summed E-state index contributed by atoms with van der Waals surface area (Å²) in [5.74, 6) is -0.139. The van der Waals surface area contributed by atoms with E-state index in [4.69, 9.17) is 0 Å². The van der Waals surface area contributed by atoms with E-state index in [1.54, 1.807) is 6.07 Å². The van der Waals surface area contributed by atoms with Gasteiger partial charge in [-0.15, -0.1) is 0 Å². The van der Waals surface area contributed by atoms with E-state index in [1.165, 1.54) is 11.8 Å². The molecule has 3 heteroatoms. The van der Waals surface area contributed by atoms with E-state index < -0.39 is 0 Å². The Morgan fingerprint density at radius 1 is 1.05 bits per heavy atom. The van der Waals surface area contributed by atoms with Crippen molar-refractivity contribution >= 4 is 5.69 Å². The minimum absolute atomic E-state index is 0.0314. The Hall–Kier alpha value is -1.87. The van der Waals surface area contributed by atoms with Gasteiger partial charge in [-0.1, -0.05) is 36.4 Å². The zero-order chi connectivity index (χ0) is 15.1. The third-order valence-corrected chi connectivity index (χ3v) is 3.82. The molecule has 2 rings (SSSR count). The minimum Gasteiger partial charge on any atom is -0.372 e. The van der Waals surface area contributed by atoms with Gasteiger partial charge >= 0.3 is 0 Å². The largest absolute Gasteiger partial charge is 0.372 e. The number of hydrogen-bond acceptors (Lipinski definition) is 2. The van der Waals surface area contributed by atoms with Crippen LogP contribution in [0.5, 0.6) is 0 Å². The fourth-order valence-electron chi connectivity index (χ4n) is 2.61. The molecule has 21 heavy (non-hydrogen) atoms. The van der Waals surface area contributed by atoms with Gasteiger partial charge in [0.15, 0.2) is 0 Å². The van der Waals surface area contributed by atoms with Gasteiger partial charge in [0.25, 0.3) is 0 Å². The average Bonchev–Trinajstić information content (AvgIpc) is 2.54. The molecule has 2 aromatic rings. The molecule has 0 bridgehead atoms. The summed E-state index contributed by atoms with van der Waals surface area (Å²) in [4.78, 5) is 2.31. The lowest BCUT2D eigenvalue weighted by Crippen LogP contribution is -2.28. The summed E-state index contributed by atoms with van der Waals surface area (Å²) in [6.07, 6.45) is 0.861. The van der Waals surface area contributed by atoms with Crippen molar-refractivity contribution in [3.8, 4) is 0 Å². The molecule has 1 N–H and O–H groups in total. The molecule has 0 aromatic heterocycles. The first-order valence-electron chi connectivity index (χ1n) is 7.48. The Bertz CT molecular complexity index is 542. The molecule has 2 nitrogen and oxygen atoms in total. The lowest BCUT2D eigenvalue weighted by Gasteiger charge is -2.26. The molecular formula is C18H23FN2. The van der Waals surface area contributed by atoms with Crippen molar-refractivity contribution in [2.75, 3.05) is 25.0 Å². The standard InChI is InChI=1S/C18H23FN2/c1-3-21(15-9-5-4-6-10-15)14-13-18(20-2)16-11-7-8-12-17(16)19/h4-12,18,20H,3,13-14H2,1-2H3. The number of rotatable bonds is 7. The fourth-order valence-corrected chi connectivity index (χ4v) is 2.61. The van der Waals surface area contributed by atoms with E-state index in [0.717, 1.165) is 25.1 Å². The molecule has 0 amide bonds. The van der Waals surface area contributed by atoms with E-state index in [9.17, 15) is 4.39 Å². The van der Waals surface area contributed by atoms with Crippen LogP contribution in [0.4, 0.5) is 10.1 Å². The normalized spacial score (nSPS) is 12.1. The molecule has 0 spiro atoms. The topological polar surface area (TPSA) is 15.3 Å². The Kier molecular flexibility index (Phi) is 5.76. The molecule has 1 atom stereocenters. The van der Waals surface area contributed by atoms with Crippen LogP contribution in [0.1, 0.15) is 24.9 Å². The van der Waals surface area contributed by atoms with Crippen LogP contribution in [0.2, 0.25) is 0 Å².